The molecule has 0 spiro atoms. The Labute approximate surface area is 140 Å². The zero-order chi connectivity index (χ0) is 18.4. The molecule has 0 bridgehead atoms. The topological polar surface area (TPSA) is 122 Å². The van der Waals surface area contributed by atoms with Crippen LogP contribution in [0.15, 0.2) is 18.2 Å². The van der Waals surface area contributed by atoms with E-state index in [1.165, 1.54) is 12.1 Å². The third-order valence-electron chi connectivity index (χ3n) is 3.67. The average molecular weight is 337 g/mol. The van der Waals surface area contributed by atoms with Crippen LogP contribution in [0.1, 0.15) is 44.5 Å². The fraction of sp³-hybridized carbons (Fsp3) is 0.500. The summed E-state index contributed by atoms with van der Waals surface area (Å²) in [7, 11) is 0. The molecule has 3 N–H and O–H groups in total. The standard InChI is InChI=1S/C16H23N3O5/c1-5-10(4)14(16(21)22)18-12-7-6-11(8-13(12)19(23)24)15(20)17-9(2)3/h6-10,14,18H,5H2,1-4H3,(H,17,20)(H,21,22)/t10-,14-/m0/s1. The van der Waals surface area contributed by atoms with Crippen molar-refractivity contribution in [3.05, 3.63) is 33.9 Å². The monoisotopic (exact) mass is 337 g/mol. The van der Waals surface area contributed by atoms with Crippen LogP contribution in [0.3, 0.4) is 0 Å². The van der Waals surface area contributed by atoms with Crippen LogP contribution in [0.25, 0.3) is 0 Å². The number of carbonyl (C=O) groups excluding carboxylic acids is 1. The number of carboxylic acid groups (broad SMARTS) is 1. The molecule has 1 rings (SSSR count). The van der Waals surface area contributed by atoms with Gasteiger partial charge in [0.2, 0.25) is 0 Å². The number of rotatable bonds is 8. The van der Waals surface area contributed by atoms with Crippen molar-refractivity contribution in [2.45, 2.75) is 46.2 Å². The Morgan fingerprint density at radius 3 is 2.38 bits per heavy atom. The summed E-state index contributed by atoms with van der Waals surface area (Å²) in [6.07, 6.45) is 0.604. The second-order valence-electron chi connectivity index (χ2n) is 5.96. The number of carboxylic acids is 1. The van der Waals surface area contributed by atoms with E-state index in [4.69, 9.17) is 0 Å². The molecule has 8 heteroatoms. The van der Waals surface area contributed by atoms with Crippen molar-refractivity contribution in [3.8, 4) is 0 Å². The van der Waals surface area contributed by atoms with Crippen LogP contribution in [0.4, 0.5) is 11.4 Å². The van der Waals surface area contributed by atoms with Gasteiger partial charge in [0.15, 0.2) is 0 Å². The summed E-state index contributed by atoms with van der Waals surface area (Å²) in [6.45, 7) is 7.16. The van der Waals surface area contributed by atoms with Gasteiger partial charge in [-0.2, -0.15) is 0 Å². The molecule has 1 aromatic rings. The normalized spacial score (nSPS) is 13.2. The molecule has 0 fully saturated rings. The smallest absolute Gasteiger partial charge is 0.326 e. The third kappa shape index (κ3) is 4.94. The van der Waals surface area contributed by atoms with Crippen molar-refractivity contribution in [3.63, 3.8) is 0 Å². The van der Waals surface area contributed by atoms with E-state index < -0.39 is 22.8 Å². The maximum absolute atomic E-state index is 12.0. The lowest BCUT2D eigenvalue weighted by Crippen LogP contribution is -2.35. The highest BCUT2D eigenvalue weighted by molar-refractivity contribution is 5.96. The van der Waals surface area contributed by atoms with E-state index in [-0.39, 0.29) is 28.9 Å². The minimum absolute atomic E-state index is 0.0776. The number of hydrogen-bond donors (Lipinski definition) is 3. The van der Waals surface area contributed by atoms with Crippen LogP contribution >= 0.6 is 0 Å². The van der Waals surface area contributed by atoms with Crippen LogP contribution in [-0.4, -0.2) is 34.0 Å². The first-order valence-electron chi connectivity index (χ1n) is 7.76. The van der Waals surface area contributed by atoms with Gasteiger partial charge in [-0.25, -0.2) is 4.79 Å². The van der Waals surface area contributed by atoms with Crippen LogP contribution < -0.4 is 10.6 Å². The Hall–Kier alpha value is -2.64. The first-order chi connectivity index (χ1) is 11.2. The lowest BCUT2D eigenvalue weighted by atomic mass is 9.98. The lowest BCUT2D eigenvalue weighted by molar-refractivity contribution is -0.384. The highest BCUT2D eigenvalue weighted by atomic mass is 16.6. The fourth-order valence-electron chi connectivity index (χ4n) is 2.14. The van der Waals surface area contributed by atoms with Gasteiger partial charge in [-0.05, 0) is 31.9 Å². The molecule has 2 atom stereocenters. The second kappa shape index (κ2) is 8.28. The molecule has 0 saturated heterocycles. The van der Waals surface area contributed by atoms with Crippen molar-refractivity contribution in [2.75, 3.05) is 5.32 Å². The van der Waals surface area contributed by atoms with E-state index in [1.54, 1.807) is 20.8 Å². The van der Waals surface area contributed by atoms with Gasteiger partial charge < -0.3 is 15.7 Å². The van der Waals surface area contributed by atoms with E-state index in [9.17, 15) is 24.8 Å². The predicted molar refractivity (Wildman–Crippen MR) is 90.2 cm³/mol. The van der Waals surface area contributed by atoms with Crippen molar-refractivity contribution >= 4 is 23.3 Å². The minimum atomic E-state index is -1.08. The van der Waals surface area contributed by atoms with Gasteiger partial charge in [0, 0.05) is 17.7 Å². The first-order valence-corrected chi connectivity index (χ1v) is 7.76. The number of aliphatic carboxylic acids is 1. The molecular weight excluding hydrogens is 314 g/mol. The Morgan fingerprint density at radius 2 is 1.92 bits per heavy atom. The van der Waals surface area contributed by atoms with Crippen LogP contribution in [0, 0.1) is 16.0 Å². The summed E-state index contributed by atoms with van der Waals surface area (Å²) < 4.78 is 0. The molecule has 0 saturated carbocycles. The van der Waals surface area contributed by atoms with Crippen molar-refractivity contribution < 1.29 is 19.6 Å². The molecule has 132 valence electrons. The number of nitrogens with one attached hydrogen (secondary N) is 2. The van der Waals surface area contributed by atoms with Gasteiger partial charge in [-0.1, -0.05) is 20.3 Å². The zero-order valence-electron chi connectivity index (χ0n) is 14.2. The maximum Gasteiger partial charge on any atom is 0.326 e. The molecule has 24 heavy (non-hydrogen) atoms. The molecule has 0 aliphatic rings. The summed E-state index contributed by atoms with van der Waals surface area (Å²) in [4.78, 5) is 34.0. The number of nitrogens with zero attached hydrogens (tertiary/aromatic N) is 1. The van der Waals surface area contributed by atoms with Gasteiger partial charge >= 0.3 is 5.97 Å². The quantitative estimate of drug-likeness (QED) is 0.495. The molecule has 1 aromatic carbocycles. The Bertz CT molecular complexity index is 630. The molecular formula is C16H23N3O5. The predicted octanol–water partition coefficient (Wildman–Crippen LogP) is 2.64. The fourth-order valence-corrected chi connectivity index (χ4v) is 2.14. The van der Waals surface area contributed by atoms with Gasteiger partial charge in [0.05, 0.1) is 4.92 Å². The molecule has 0 radical (unpaired) electrons. The Balaban J connectivity index is 3.18. The third-order valence-corrected chi connectivity index (χ3v) is 3.67. The number of amides is 1. The lowest BCUT2D eigenvalue weighted by Gasteiger charge is -2.21. The molecule has 0 aliphatic carbocycles. The van der Waals surface area contributed by atoms with Crippen LogP contribution in [0.5, 0.6) is 0 Å². The largest absolute Gasteiger partial charge is 0.480 e. The molecule has 0 unspecified atom stereocenters. The van der Waals surface area contributed by atoms with Crippen LogP contribution in [-0.2, 0) is 4.79 Å². The number of benzene rings is 1. The van der Waals surface area contributed by atoms with Crippen LogP contribution in [0.2, 0.25) is 0 Å². The SMILES string of the molecule is CC[C@H](C)[C@H](Nc1ccc(C(=O)NC(C)C)cc1[N+](=O)[O-])C(=O)O. The maximum atomic E-state index is 12.0. The highest BCUT2D eigenvalue weighted by Crippen LogP contribution is 2.28. The average Bonchev–Trinajstić information content (AvgIpc) is 2.50. The molecule has 1 amide bonds. The number of carbonyl (C=O) groups is 2. The number of hydrogen-bond acceptors (Lipinski definition) is 5. The summed E-state index contributed by atoms with van der Waals surface area (Å²) in [5.74, 6) is -1.72. The summed E-state index contributed by atoms with van der Waals surface area (Å²) in [5, 5.41) is 26.0. The van der Waals surface area contributed by atoms with Gasteiger partial charge in [0.1, 0.15) is 11.7 Å². The van der Waals surface area contributed by atoms with Crippen molar-refractivity contribution in [1.82, 2.24) is 5.32 Å². The molecule has 0 aliphatic heterocycles. The van der Waals surface area contributed by atoms with E-state index in [0.717, 1.165) is 6.07 Å². The van der Waals surface area contributed by atoms with Crippen molar-refractivity contribution in [2.24, 2.45) is 5.92 Å². The zero-order valence-corrected chi connectivity index (χ0v) is 14.2. The van der Waals surface area contributed by atoms with Crippen molar-refractivity contribution in [1.29, 1.82) is 0 Å². The summed E-state index contributed by atoms with van der Waals surface area (Å²) in [6, 6.07) is 2.89. The second-order valence-corrected chi connectivity index (χ2v) is 5.96. The Morgan fingerprint density at radius 1 is 1.29 bits per heavy atom. The van der Waals surface area contributed by atoms with Gasteiger partial charge in [-0.15, -0.1) is 0 Å². The highest BCUT2D eigenvalue weighted by Gasteiger charge is 2.27. The summed E-state index contributed by atoms with van der Waals surface area (Å²) >= 11 is 0. The minimum Gasteiger partial charge on any atom is -0.480 e. The van der Waals surface area contributed by atoms with E-state index in [2.05, 4.69) is 10.6 Å². The van der Waals surface area contributed by atoms with E-state index in [0.29, 0.717) is 6.42 Å². The number of anilines is 1. The molecule has 8 nitrogen and oxygen atoms in total. The first kappa shape index (κ1) is 19.4. The molecule has 0 aromatic heterocycles. The Kier molecular flexibility index (Phi) is 6.69. The van der Waals surface area contributed by atoms with Gasteiger partial charge in [-0.3, -0.25) is 14.9 Å². The number of nitro benzene ring substituents is 1. The summed E-state index contributed by atoms with van der Waals surface area (Å²) in [5.41, 5.74) is -0.105. The van der Waals surface area contributed by atoms with E-state index in [1.807, 2.05) is 6.92 Å². The van der Waals surface area contributed by atoms with E-state index >= 15 is 0 Å². The number of nitro groups is 1. The molecule has 0 heterocycles. The van der Waals surface area contributed by atoms with Gasteiger partial charge in [0.25, 0.3) is 11.6 Å².